The molecule has 0 aromatic carbocycles. The van der Waals surface area contributed by atoms with E-state index in [2.05, 4.69) is 15.4 Å². The van der Waals surface area contributed by atoms with Crippen molar-refractivity contribution >= 4 is 17.9 Å². The fourth-order valence-corrected chi connectivity index (χ4v) is 2.19. The third-order valence-electron chi connectivity index (χ3n) is 3.34. The summed E-state index contributed by atoms with van der Waals surface area (Å²) in [6.07, 6.45) is 4.15. The van der Waals surface area contributed by atoms with Gasteiger partial charge in [-0.1, -0.05) is 19.8 Å². The highest BCUT2D eigenvalue weighted by Gasteiger charge is 2.19. The maximum absolute atomic E-state index is 11.7. The van der Waals surface area contributed by atoms with Crippen LogP contribution in [0.25, 0.3) is 0 Å². The normalized spacial score (nSPS) is 15.2. The van der Waals surface area contributed by atoms with Gasteiger partial charge in [0.2, 0.25) is 5.91 Å². The maximum Gasteiger partial charge on any atom is 0.321 e. The second kappa shape index (κ2) is 8.52. The van der Waals surface area contributed by atoms with Crippen molar-refractivity contribution in [2.45, 2.75) is 38.6 Å². The molecule has 0 bridgehead atoms. The molecule has 0 aliphatic heterocycles. The molecule has 2 N–H and O–H groups in total. The molecule has 114 valence electrons. The van der Waals surface area contributed by atoms with E-state index >= 15 is 0 Å². The Morgan fingerprint density at radius 1 is 1.20 bits per heavy atom. The highest BCUT2D eigenvalue weighted by atomic mass is 16.5. The summed E-state index contributed by atoms with van der Waals surface area (Å²) >= 11 is 0. The molecule has 1 rings (SSSR count). The third kappa shape index (κ3) is 6.01. The number of nitrogens with one attached hydrogen (secondary N) is 2. The number of likely N-dealkylation sites (N-methyl/N-ethyl adjacent to an activating group) is 1. The van der Waals surface area contributed by atoms with E-state index in [0.29, 0.717) is 6.54 Å². The number of urea groups is 1. The van der Waals surface area contributed by atoms with E-state index < -0.39 is 17.9 Å². The molecule has 0 saturated heterocycles. The van der Waals surface area contributed by atoms with E-state index in [1.54, 1.807) is 4.90 Å². The summed E-state index contributed by atoms with van der Waals surface area (Å²) in [6, 6.07) is -0.295. The van der Waals surface area contributed by atoms with Crippen LogP contribution < -0.4 is 10.6 Å². The van der Waals surface area contributed by atoms with Crippen molar-refractivity contribution in [1.82, 2.24) is 15.5 Å². The summed E-state index contributed by atoms with van der Waals surface area (Å²) in [5.74, 6) is -0.832. The number of rotatable bonds is 6. The highest BCUT2D eigenvalue weighted by Crippen LogP contribution is 2.17. The molecule has 7 heteroatoms. The summed E-state index contributed by atoms with van der Waals surface area (Å²) in [4.78, 5) is 36.0. The van der Waals surface area contributed by atoms with Crippen molar-refractivity contribution < 1.29 is 19.1 Å². The number of imide groups is 1. The van der Waals surface area contributed by atoms with Gasteiger partial charge in [-0.05, 0) is 19.4 Å². The van der Waals surface area contributed by atoms with Gasteiger partial charge in [0.1, 0.15) is 0 Å². The van der Waals surface area contributed by atoms with Gasteiger partial charge in [0.25, 0.3) is 0 Å². The van der Waals surface area contributed by atoms with Crippen molar-refractivity contribution in [1.29, 1.82) is 0 Å². The van der Waals surface area contributed by atoms with E-state index in [1.807, 2.05) is 6.92 Å². The second-order valence-corrected chi connectivity index (χ2v) is 4.88. The highest BCUT2D eigenvalue weighted by molar-refractivity contribution is 5.95. The number of nitrogens with zero attached hydrogens (tertiary/aromatic N) is 1. The minimum Gasteiger partial charge on any atom is -0.468 e. The number of hydrogen-bond acceptors (Lipinski definition) is 5. The van der Waals surface area contributed by atoms with Crippen LogP contribution in [0.5, 0.6) is 0 Å². The van der Waals surface area contributed by atoms with Crippen LogP contribution in [-0.4, -0.2) is 55.6 Å². The molecule has 0 unspecified atom stereocenters. The van der Waals surface area contributed by atoms with Gasteiger partial charge in [-0.15, -0.1) is 0 Å². The molecule has 1 aliphatic carbocycles. The summed E-state index contributed by atoms with van der Waals surface area (Å²) in [5, 5.41) is 5.05. The molecule has 0 aromatic heterocycles. The quantitative estimate of drug-likeness (QED) is 0.683. The third-order valence-corrected chi connectivity index (χ3v) is 3.34. The Balaban J connectivity index is 2.29. The first-order valence-corrected chi connectivity index (χ1v) is 6.94. The molecular formula is C13H23N3O4. The van der Waals surface area contributed by atoms with Gasteiger partial charge in [0, 0.05) is 6.04 Å². The average Bonchev–Trinajstić information content (AvgIpc) is 2.90. The predicted molar refractivity (Wildman–Crippen MR) is 73.1 cm³/mol. The van der Waals surface area contributed by atoms with Crippen molar-refractivity contribution in [2.24, 2.45) is 0 Å². The van der Waals surface area contributed by atoms with Crippen LogP contribution in [0.4, 0.5) is 4.79 Å². The number of carbonyl (C=O) groups is 3. The van der Waals surface area contributed by atoms with Crippen LogP contribution in [-0.2, 0) is 14.3 Å². The lowest BCUT2D eigenvalue weighted by Gasteiger charge is -2.18. The molecule has 1 saturated carbocycles. The first-order chi connectivity index (χ1) is 9.55. The Labute approximate surface area is 119 Å². The first kappa shape index (κ1) is 16.4. The van der Waals surface area contributed by atoms with E-state index in [0.717, 1.165) is 25.7 Å². The topological polar surface area (TPSA) is 87.7 Å². The fraction of sp³-hybridized carbons (Fsp3) is 0.769. The van der Waals surface area contributed by atoms with Gasteiger partial charge in [-0.25, -0.2) is 4.79 Å². The van der Waals surface area contributed by atoms with Crippen LogP contribution in [0, 0.1) is 0 Å². The zero-order valence-electron chi connectivity index (χ0n) is 12.1. The number of amides is 3. The van der Waals surface area contributed by atoms with Crippen molar-refractivity contribution in [3.05, 3.63) is 0 Å². The van der Waals surface area contributed by atoms with Gasteiger partial charge in [-0.3, -0.25) is 19.8 Å². The Bertz CT molecular complexity index is 354. The largest absolute Gasteiger partial charge is 0.468 e. The van der Waals surface area contributed by atoms with Crippen LogP contribution in [0.15, 0.2) is 0 Å². The lowest BCUT2D eigenvalue weighted by Crippen LogP contribution is -2.47. The number of carbonyl (C=O) groups excluding carboxylic acids is 3. The second-order valence-electron chi connectivity index (χ2n) is 4.88. The monoisotopic (exact) mass is 285 g/mol. The summed E-state index contributed by atoms with van der Waals surface area (Å²) in [7, 11) is 1.30. The summed E-state index contributed by atoms with van der Waals surface area (Å²) in [6.45, 7) is 2.37. The number of methoxy groups -OCH3 is 1. The van der Waals surface area contributed by atoms with Crippen molar-refractivity contribution in [2.75, 3.05) is 26.7 Å². The summed E-state index contributed by atoms with van der Waals surface area (Å²) in [5.41, 5.74) is 0. The van der Waals surface area contributed by atoms with Crippen molar-refractivity contribution in [3.8, 4) is 0 Å². The standard InChI is InChI=1S/C13H23N3O4/c1-3-16(9-12(18)20-2)8-11(17)15-13(19)14-10-6-4-5-7-10/h10H,3-9H2,1-2H3,(H2,14,15,17,19). The van der Waals surface area contributed by atoms with Gasteiger partial charge in [0.15, 0.2) is 0 Å². The number of esters is 1. The van der Waals surface area contributed by atoms with E-state index in [-0.39, 0.29) is 19.1 Å². The van der Waals surface area contributed by atoms with Crippen LogP contribution in [0.1, 0.15) is 32.6 Å². The molecule has 3 amide bonds. The molecule has 0 aromatic rings. The smallest absolute Gasteiger partial charge is 0.321 e. The van der Waals surface area contributed by atoms with Gasteiger partial charge in [-0.2, -0.15) is 0 Å². The van der Waals surface area contributed by atoms with E-state index in [1.165, 1.54) is 7.11 Å². The molecule has 0 spiro atoms. The minimum atomic E-state index is -0.462. The zero-order valence-corrected chi connectivity index (χ0v) is 12.1. The molecule has 0 radical (unpaired) electrons. The molecular weight excluding hydrogens is 262 g/mol. The molecule has 1 aliphatic rings. The molecule has 0 atom stereocenters. The zero-order chi connectivity index (χ0) is 15.0. The predicted octanol–water partition coefficient (Wildman–Crippen LogP) is 0.250. The molecule has 0 heterocycles. The van der Waals surface area contributed by atoms with Crippen molar-refractivity contribution in [3.63, 3.8) is 0 Å². The summed E-state index contributed by atoms with van der Waals surface area (Å²) < 4.78 is 4.54. The van der Waals surface area contributed by atoms with E-state index in [9.17, 15) is 14.4 Å². The first-order valence-electron chi connectivity index (χ1n) is 6.94. The molecule has 1 fully saturated rings. The lowest BCUT2D eigenvalue weighted by atomic mass is 10.2. The number of hydrogen-bond donors (Lipinski definition) is 2. The Hall–Kier alpha value is -1.63. The fourth-order valence-electron chi connectivity index (χ4n) is 2.19. The Kier molecular flexibility index (Phi) is 7.00. The molecule has 20 heavy (non-hydrogen) atoms. The van der Waals surface area contributed by atoms with Crippen LogP contribution >= 0.6 is 0 Å². The van der Waals surface area contributed by atoms with Gasteiger partial charge < -0.3 is 10.1 Å². The van der Waals surface area contributed by atoms with Gasteiger partial charge >= 0.3 is 12.0 Å². The number of ether oxygens (including phenoxy) is 1. The Morgan fingerprint density at radius 2 is 1.85 bits per heavy atom. The average molecular weight is 285 g/mol. The van der Waals surface area contributed by atoms with Gasteiger partial charge in [0.05, 0.1) is 20.2 Å². The SMILES string of the molecule is CCN(CC(=O)NC(=O)NC1CCCC1)CC(=O)OC. The van der Waals surface area contributed by atoms with E-state index in [4.69, 9.17) is 0 Å². The minimum absolute atomic E-state index is 0.0102. The Morgan fingerprint density at radius 3 is 2.40 bits per heavy atom. The van der Waals surface area contributed by atoms with Crippen LogP contribution in [0.3, 0.4) is 0 Å². The molecule has 7 nitrogen and oxygen atoms in total. The lowest BCUT2D eigenvalue weighted by molar-refractivity contribution is -0.142. The maximum atomic E-state index is 11.7. The van der Waals surface area contributed by atoms with Crippen LogP contribution in [0.2, 0.25) is 0 Å².